The lowest BCUT2D eigenvalue weighted by Crippen LogP contribution is -2.22. The molecule has 0 aliphatic heterocycles. The van der Waals surface area contributed by atoms with E-state index < -0.39 is 14.4 Å². The molecule has 1 atom stereocenters. The van der Waals surface area contributed by atoms with Crippen molar-refractivity contribution in [2.45, 2.75) is 12.5 Å². The van der Waals surface area contributed by atoms with Gasteiger partial charge in [-0.1, -0.05) is 0 Å². The molecule has 0 bridgehead atoms. The second-order valence-corrected chi connectivity index (χ2v) is 2.23. The molecular formula is C4H14N2O4P+. The highest BCUT2D eigenvalue weighted by Gasteiger charge is 1.95. The number of nitrogens with two attached hydrogens (primary N) is 2. The molecule has 0 aromatic heterocycles. The zero-order chi connectivity index (χ0) is 9.28. The third-order valence-electron chi connectivity index (χ3n) is 0.772. The monoisotopic (exact) mass is 185 g/mol. The molecule has 0 aromatic carbocycles. The van der Waals surface area contributed by atoms with E-state index in [1.807, 2.05) is 0 Å². The normalized spacial score (nSPS) is 11.4. The number of rotatable bonds is 3. The maximum atomic E-state index is 8.70. The molecule has 7 heteroatoms. The summed E-state index contributed by atoms with van der Waals surface area (Å²) in [5.41, 5.74) is 10.1. The standard InChI is InChI=1S/C4H12N2O.HO3P/c5-2-1-4(7)3-6;1-4(2)3/h4,7H,1-3,5-6H2;(H-,1,2,3)/p+1. The van der Waals surface area contributed by atoms with Gasteiger partial charge < -0.3 is 16.6 Å². The fourth-order valence-corrected chi connectivity index (χ4v) is 0.310. The van der Waals surface area contributed by atoms with Gasteiger partial charge in [-0.25, -0.2) is 0 Å². The van der Waals surface area contributed by atoms with Crippen molar-refractivity contribution in [3.05, 3.63) is 0 Å². The van der Waals surface area contributed by atoms with E-state index in [9.17, 15) is 0 Å². The fraction of sp³-hybridized carbons (Fsp3) is 1.00. The maximum Gasteiger partial charge on any atom is 0.692 e. The minimum atomic E-state index is -2.87. The van der Waals surface area contributed by atoms with E-state index in [4.69, 9.17) is 30.9 Å². The van der Waals surface area contributed by atoms with Crippen molar-refractivity contribution in [1.82, 2.24) is 0 Å². The Labute approximate surface area is 65.8 Å². The van der Waals surface area contributed by atoms with Gasteiger partial charge in [0.15, 0.2) is 0 Å². The molecular weight excluding hydrogens is 171 g/mol. The van der Waals surface area contributed by atoms with Crippen LogP contribution < -0.4 is 11.5 Å². The zero-order valence-electron chi connectivity index (χ0n) is 6.05. The average Bonchev–Trinajstić information content (AvgIpc) is 1.87. The second kappa shape index (κ2) is 9.90. The van der Waals surface area contributed by atoms with Crippen molar-refractivity contribution in [2.75, 3.05) is 13.1 Å². The van der Waals surface area contributed by atoms with Gasteiger partial charge in [-0.05, 0) is 13.0 Å². The molecule has 0 rings (SSSR count). The number of hydrogen-bond donors (Lipinski definition) is 5. The Bertz CT molecular complexity index is 98.1. The van der Waals surface area contributed by atoms with Crippen molar-refractivity contribution in [2.24, 2.45) is 11.5 Å². The highest BCUT2D eigenvalue weighted by atomic mass is 31.1. The summed E-state index contributed by atoms with van der Waals surface area (Å²) < 4.78 is 8.70. The van der Waals surface area contributed by atoms with Crippen LogP contribution in [0.5, 0.6) is 0 Å². The summed E-state index contributed by atoms with van der Waals surface area (Å²) in [6.07, 6.45) is 0.209. The number of aliphatic hydroxyl groups is 1. The van der Waals surface area contributed by atoms with Crippen LogP contribution in [0.4, 0.5) is 0 Å². The van der Waals surface area contributed by atoms with Gasteiger partial charge in [0.1, 0.15) is 0 Å². The second-order valence-electron chi connectivity index (χ2n) is 1.72. The molecule has 0 saturated carbocycles. The Morgan fingerprint density at radius 1 is 1.36 bits per heavy atom. The molecule has 68 valence electrons. The van der Waals surface area contributed by atoms with E-state index in [1.165, 1.54) is 0 Å². The molecule has 0 amide bonds. The summed E-state index contributed by atoms with van der Waals surface area (Å²) in [5.74, 6) is 0. The van der Waals surface area contributed by atoms with Crippen LogP contribution in [0, 0.1) is 0 Å². The van der Waals surface area contributed by atoms with Gasteiger partial charge in [0.25, 0.3) is 0 Å². The van der Waals surface area contributed by atoms with Gasteiger partial charge >= 0.3 is 8.25 Å². The van der Waals surface area contributed by atoms with E-state index in [0.717, 1.165) is 0 Å². The molecule has 11 heavy (non-hydrogen) atoms. The van der Waals surface area contributed by atoms with Crippen LogP contribution in [-0.2, 0) is 4.57 Å². The Kier molecular flexibility index (Phi) is 12.1. The van der Waals surface area contributed by atoms with E-state index in [-0.39, 0.29) is 0 Å². The first kappa shape index (κ1) is 13.5. The summed E-state index contributed by atoms with van der Waals surface area (Å²) in [7, 11) is -2.87. The molecule has 0 heterocycles. The minimum absolute atomic E-state index is 0.317. The predicted molar refractivity (Wildman–Crippen MR) is 40.8 cm³/mol. The molecule has 0 aliphatic rings. The molecule has 0 radical (unpaired) electrons. The minimum Gasteiger partial charge on any atom is -0.392 e. The molecule has 0 saturated heterocycles. The molecule has 0 aromatic rings. The number of hydrogen-bond acceptors (Lipinski definition) is 4. The van der Waals surface area contributed by atoms with E-state index in [2.05, 4.69) is 0 Å². The molecule has 0 aliphatic carbocycles. The summed E-state index contributed by atoms with van der Waals surface area (Å²) in [6, 6.07) is 0. The molecule has 0 fully saturated rings. The van der Waals surface area contributed by atoms with Crippen LogP contribution in [0.2, 0.25) is 0 Å². The topological polar surface area (TPSA) is 130 Å². The lowest BCUT2D eigenvalue weighted by atomic mass is 10.3. The lowest BCUT2D eigenvalue weighted by molar-refractivity contribution is 0.175. The van der Waals surface area contributed by atoms with Crippen molar-refractivity contribution in [1.29, 1.82) is 0 Å². The predicted octanol–water partition coefficient (Wildman–Crippen LogP) is -1.72. The largest absolute Gasteiger partial charge is 0.692 e. The molecule has 0 spiro atoms. The Morgan fingerprint density at radius 2 is 1.73 bits per heavy atom. The first-order valence-electron chi connectivity index (χ1n) is 2.97. The SMILES string of the molecule is NCCC(O)CN.O=[P+](O)O. The van der Waals surface area contributed by atoms with Crippen LogP contribution in [0.1, 0.15) is 6.42 Å². The van der Waals surface area contributed by atoms with Gasteiger partial charge in [-0.2, -0.15) is 0 Å². The van der Waals surface area contributed by atoms with Gasteiger partial charge in [0.05, 0.1) is 6.10 Å². The van der Waals surface area contributed by atoms with E-state index in [0.29, 0.717) is 19.5 Å². The molecule has 6 nitrogen and oxygen atoms in total. The third-order valence-corrected chi connectivity index (χ3v) is 0.772. The summed E-state index contributed by atoms with van der Waals surface area (Å²) in [6.45, 7) is 0.829. The van der Waals surface area contributed by atoms with Crippen molar-refractivity contribution < 1.29 is 19.5 Å². The Hall–Kier alpha value is -0.100. The van der Waals surface area contributed by atoms with Crippen LogP contribution in [-0.4, -0.2) is 34.1 Å². The third kappa shape index (κ3) is 25.7. The smallest absolute Gasteiger partial charge is 0.392 e. The summed E-state index contributed by atoms with van der Waals surface area (Å²) >= 11 is 0. The van der Waals surface area contributed by atoms with Gasteiger partial charge in [-0.3, -0.25) is 0 Å². The lowest BCUT2D eigenvalue weighted by Gasteiger charge is -2.01. The van der Waals surface area contributed by atoms with Crippen molar-refractivity contribution >= 4 is 8.25 Å². The highest BCUT2D eigenvalue weighted by molar-refractivity contribution is 7.30. The van der Waals surface area contributed by atoms with Crippen LogP contribution in [0.15, 0.2) is 0 Å². The van der Waals surface area contributed by atoms with Crippen molar-refractivity contribution in [3.8, 4) is 0 Å². The van der Waals surface area contributed by atoms with E-state index in [1.54, 1.807) is 0 Å². The van der Waals surface area contributed by atoms with Gasteiger partial charge in [0.2, 0.25) is 0 Å². The first-order valence-corrected chi connectivity index (χ1v) is 4.14. The maximum absolute atomic E-state index is 8.70. The van der Waals surface area contributed by atoms with E-state index >= 15 is 0 Å². The average molecular weight is 185 g/mol. The first-order chi connectivity index (χ1) is 5.04. The van der Waals surface area contributed by atoms with Crippen molar-refractivity contribution in [3.63, 3.8) is 0 Å². The summed E-state index contributed by atoms with van der Waals surface area (Å²) in [5, 5.41) is 8.65. The van der Waals surface area contributed by atoms with Crippen LogP contribution in [0.3, 0.4) is 0 Å². The Morgan fingerprint density at radius 3 is 1.82 bits per heavy atom. The highest BCUT2D eigenvalue weighted by Crippen LogP contribution is 1.98. The van der Waals surface area contributed by atoms with Crippen LogP contribution in [0.25, 0.3) is 0 Å². The number of aliphatic hydroxyl groups excluding tert-OH is 1. The fourth-order valence-electron chi connectivity index (χ4n) is 0.310. The molecule has 7 N–H and O–H groups in total. The molecule has 1 unspecified atom stereocenters. The zero-order valence-corrected chi connectivity index (χ0v) is 6.94. The van der Waals surface area contributed by atoms with Gasteiger partial charge in [0, 0.05) is 11.1 Å². The van der Waals surface area contributed by atoms with Gasteiger partial charge in [-0.15, -0.1) is 9.79 Å². The quantitative estimate of drug-likeness (QED) is 0.332. The summed E-state index contributed by atoms with van der Waals surface area (Å²) in [4.78, 5) is 14.2. The Balaban J connectivity index is 0. The van der Waals surface area contributed by atoms with Crippen LogP contribution >= 0.6 is 8.25 Å².